The van der Waals surface area contributed by atoms with Gasteiger partial charge in [0.2, 0.25) is 0 Å². The molecule has 3 aliphatic rings. The van der Waals surface area contributed by atoms with E-state index >= 15 is 0 Å². The molecular weight excluding hydrogens is 308 g/mol. The molecule has 1 aliphatic heterocycles. The van der Waals surface area contributed by atoms with E-state index in [1.807, 2.05) is 13.8 Å². The minimum atomic E-state index is -0.439. The second kappa shape index (κ2) is 6.14. The highest BCUT2D eigenvalue weighted by atomic mass is 16.5. The SMILES string of the molecule is CC1=CC2C(CC1)C(C)(C#N)CCC2C1(C)CCC(C(C)(C)C#N)O1. The van der Waals surface area contributed by atoms with E-state index in [-0.39, 0.29) is 17.1 Å². The van der Waals surface area contributed by atoms with Gasteiger partial charge in [0.25, 0.3) is 0 Å². The van der Waals surface area contributed by atoms with Gasteiger partial charge in [0.05, 0.1) is 34.7 Å². The summed E-state index contributed by atoms with van der Waals surface area (Å²) in [5.41, 5.74) is 0.639. The van der Waals surface area contributed by atoms with Crippen molar-refractivity contribution in [3.05, 3.63) is 11.6 Å². The van der Waals surface area contributed by atoms with Gasteiger partial charge in [-0.05, 0) is 90.9 Å². The van der Waals surface area contributed by atoms with Crippen LogP contribution in [-0.4, -0.2) is 11.7 Å². The summed E-state index contributed by atoms with van der Waals surface area (Å²) in [4.78, 5) is 0. The molecule has 1 heterocycles. The summed E-state index contributed by atoms with van der Waals surface area (Å²) in [6.07, 6.45) is 8.70. The van der Waals surface area contributed by atoms with Crippen LogP contribution in [0, 0.1) is 51.2 Å². The molecule has 0 aromatic carbocycles. The van der Waals surface area contributed by atoms with Crippen LogP contribution in [0.15, 0.2) is 11.6 Å². The van der Waals surface area contributed by atoms with E-state index in [0.29, 0.717) is 17.8 Å². The van der Waals surface area contributed by atoms with Crippen LogP contribution in [-0.2, 0) is 4.74 Å². The standard InChI is InChI=1S/C22H32N2O/c1-15-6-7-17-16(12-15)18(8-10-21(17,4)14-24)22(5)11-9-19(25-22)20(2,3)13-23/h12,16-19H,6-11H2,1-5H3. The number of ether oxygens (including phenoxy) is 1. The van der Waals surface area contributed by atoms with Gasteiger partial charge >= 0.3 is 0 Å². The van der Waals surface area contributed by atoms with Crippen molar-refractivity contribution < 1.29 is 4.74 Å². The average Bonchev–Trinajstić information content (AvgIpc) is 2.99. The molecule has 0 aromatic heterocycles. The van der Waals surface area contributed by atoms with Crippen molar-refractivity contribution in [3.8, 4) is 12.1 Å². The van der Waals surface area contributed by atoms with E-state index in [0.717, 1.165) is 38.5 Å². The lowest BCUT2D eigenvalue weighted by atomic mass is 9.53. The Balaban J connectivity index is 1.89. The van der Waals surface area contributed by atoms with Gasteiger partial charge in [-0.1, -0.05) is 11.6 Å². The molecule has 136 valence electrons. The van der Waals surface area contributed by atoms with Gasteiger partial charge in [0.1, 0.15) is 0 Å². The van der Waals surface area contributed by atoms with E-state index in [4.69, 9.17) is 4.74 Å². The van der Waals surface area contributed by atoms with Crippen LogP contribution < -0.4 is 0 Å². The molecule has 0 N–H and O–H groups in total. The number of hydrogen-bond donors (Lipinski definition) is 0. The number of nitriles is 2. The fourth-order valence-corrected chi connectivity index (χ4v) is 5.64. The molecule has 3 nitrogen and oxygen atoms in total. The van der Waals surface area contributed by atoms with Gasteiger partial charge in [-0.2, -0.15) is 10.5 Å². The van der Waals surface area contributed by atoms with Crippen LogP contribution in [0.25, 0.3) is 0 Å². The lowest BCUT2D eigenvalue weighted by Crippen LogP contribution is -2.50. The van der Waals surface area contributed by atoms with Crippen molar-refractivity contribution in [1.29, 1.82) is 10.5 Å². The van der Waals surface area contributed by atoms with Crippen molar-refractivity contribution in [3.63, 3.8) is 0 Å². The maximum absolute atomic E-state index is 9.81. The smallest absolute Gasteiger partial charge is 0.0779 e. The molecule has 1 saturated carbocycles. The Morgan fingerprint density at radius 1 is 1.12 bits per heavy atom. The molecule has 0 radical (unpaired) electrons. The molecule has 3 heteroatoms. The third kappa shape index (κ3) is 3.02. The fraction of sp³-hybridized carbons (Fsp3) is 0.818. The fourth-order valence-electron chi connectivity index (χ4n) is 5.64. The highest BCUT2D eigenvalue weighted by molar-refractivity contribution is 5.19. The van der Waals surface area contributed by atoms with Crippen LogP contribution in [0.4, 0.5) is 0 Å². The Bertz CT molecular complexity index is 652. The van der Waals surface area contributed by atoms with Crippen molar-refractivity contribution in [2.24, 2.45) is 28.6 Å². The highest BCUT2D eigenvalue weighted by Gasteiger charge is 2.55. The number of nitrogens with zero attached hydrogens (tertiary/aromatic N) is 2. The Labute approximate surface area is 153 Å². The molecule has 6 atom stereocenters. The summed E-state index contributed by atoms with van der Waals surface area (Å²) < 4.78 is 6.60. The Morgan fingerprint density at radius 3 is 2.48 bits per heavy atom. The van der Waals surface area contributed by atoms with E-state index in [9.17, 15) is 10.5 Å². The van der Waals surface area contributed by atoms with Gasteiger partial charge in [-0.15, -0.1) is 0 Å². The normalized spacial score (nSPS) is 44.4. The summed E-state index contributed by atoms with van der Waals surface area (Å²) in [5.74, 6) is 1.32. The van der Waals surface area contributed by atoms with Crippen molar-refractivity contribution in [2.45, 2.75) is 84.8 Å². The maximum Gasteiger partial charge on any atom is 0.0779 e. The monoisotopic (exact) mass is 340 g/mol. The largest absolute Gasteiger partial charge is 0.370 e. The summed E-state index contributed by atoms with van der Waals surface area (Å²) in [6.45, 7) is 10.6. The predicted molar refractivity (Wildman–Crippen MR) is 98.3 cm³/mol. The third-order valence-electron chi connectivity index (χ3n) is 7.50. The van der Waals surface area contributed by atoms with Crippen molar-refractivity contribution in [2.75, 3.05) is 0 Å². The topological polar surface area (TPSA) is 56.8 Å². The lowest BCUT2D eigenvalue weighted by molar-refractivity contribution is -0.126. The van der Waals surface area contributed by atoms with E-state index < -0.39 is 5.41 Å². The van der Waals surface area contributed by atoms with Gasteiger partial charge in [0, 0.05) is 0 Å². The zero-order valence-electron chi connectivity index (χ0n) is 16.4. The first-order valence-corrected chi connectivity index (χ1v) is 9.83. The number of rotatable bonds is 2. The van der Waals surface area contributed by atoms with Crippen molar-refractivity contribution >= 4 is 0 Å². The summed E-state index contributed by atoms with van der Waals surface area (Å²) in [5, 5.41) is 19.3. The van der Waals surface area contributed by atoms with Gasteiger partial charge in [-0.3, -0.25) is 0 Å². The Morgan fingerprint density at radius 2 is 1.84 bits per heavy atom. The molecule has 0 amide bonds. The Hall–Kier alpha value is -1.32. The van der Waals surface area contributed by atoms with Gasteiger partial charge in [-0.25, -0.2) is 0 Å². The molecule has 0 bridgehead atoms. The van der Waals surface area contributed by atoms with Crippen LogP contribution in [0.2, 0.25) is 0 Å². The molecule has 25 heavy (non-hydrogen) atoms. The van der Waals surface area contributed by atoms with Gasteiger partial charge in [0.15, 0.2) is 0 Å². The molecular formula is C22H32N2O. The summed E-state index contributed by atoms with van der Waals surface area (Å²) in [7, 11) is 0. The Kier molecular flexibility index (Phi) is 4.53. The first kappa shape index (κ1) is 18.5. The zero-order chi connectivity index (χ0) is 18.5. The lowest BCUT2D eigenvalue weighted by Gasteiger charge is -2.52. The maximum atomic E-state index is 9.81. The number of fused-ring (bicyclic) bond motifs is 1. The third-order valence-corrected chi connectivity index (χ3v) is 7.50. The molecule has 0 aromatic rings. The minimum Gasteiger partial charge on any atom is -0.370 e. The number of hydrogen-bond acceptors (Lipinski definition) is 3. The quantitative estimate of drug-likeness (QED) is 0.634. The van der Waals surface area contributed by atoms with E-state index in [2.05, 4.69) is 39.0 Å². The highest BCUT2D eigenvalue weighted by Crippen LogP contribution is 2.57. The minimum absolute atomic E-state index is 0.0129. The second-order valence-corrected chi connectivity index (χ2v) is 9.70. The van der Waals surface area contributed by atoms with E-state index in [1.54, 1.807) is 0 Å². The molecule has 6 unspecified atom stereocenters. The van der Waals surface area contributed by atoms with Crippen LogP contribution in [0.3, 0.4) is 0 Å². The molecule has 0 spiro atoms. The van der Waals surface area contributed by atoms with Crippen LogP contribution in [0.5, 0.6) is 0 Å². The number of allylic oxidation sites excluding steroid dienone is 2. The first-order chi connectivity index (χ1) is 11.6. The molecule has 1 saturated heterocycles. The first-order valence-electron chi connectivity index (χ1n) is 9.83. The van der Waals surface area contributed by atoms with E-state index in [1.165, 1.54) is 5.57 Å². The van der Waals surface area contributed by atoms with Crippen LogP contribution >= 0.6 is 0 Å². The predicted octanol–water partition coefficient (Wildman–Crippen LogP) is 5.39. The average molecular weight is 341 g/mol. The van der Waals surface area contributed by atoms with Gasteiger partial charge < -0.3 is 4.74 Å². The molecule has 3 rings (SSSR count). The van der Waals surface area contributed by atoms with Crippen LogP contribution in [0.1, 0.15) is 73.1 Å². The summed E-state index contributed by atoms with van der Waals surface area (Å²) in [6, 6.07) is 5.08. The van der Waals surface area contributed by atoms with Crippen molar-refractivity contribution in [1.82, 2.24) is 0 Å². The molecule has 2 fully saturated rings. The zero-order valence-corrected chi connectivity index (χ0v) is 16.4. The second-order valence-electron chi connectivity index (χ2n) is 9.70. The summed E-state index contributed by atoms with van der Waals surface area (Å²) >= 11 is 0. The molecule has 2 aliphatic carbocycles.